The van der Waals surface area contributed by atoms with Crippen LogP contribution >= 0.6 is 0 Å². The zero-order valence-corrected chi connectivity index (χ0v) is 22.5. The molecule has 1 aromatic heterocycles. The van der Waals surface area contributed by atoms with E-state index in [0.29, 0.717) is 12.2 Å². The topological polar surface area (TPSA) is 83.7 Å². The largest absolute Gasteiger partial charge is 0.383 e. The number of nitrogens with zero attached hydrogens (tertiary/aromatic N) is 3. The van der Waals surface area contributed by atoms with Gasteiger partial charge in [-0.1, -0.05) is 48.5 Å². The molecule has 2 aliphatic rings. The number of carbonyl (C=O) groups excluding carboxylic acids is 1. The van der Waals surface area contributed by atoms with Crippen LogP contribution in [-0.4, -0.2) is 66.1 Å². The van der Waals surface area contributed by atoms with Crippen molar-refractivity contribution in [3.05, 3.63) is 83.0 Å². The Hall–Kier alpha value is -3.26. The number of nitrogen functional groups attached to an aromatic ring is 1. The molecule has 3 N–H and O–H groups in total. The highest BCUT2D eigenvalue weighted by atomic mass is 16.5. The van der Waals surface area contributed by atoms with E-state index in [1.807, 2.05) is 6.92 Å². The van der Waals surface area contributed by atoms with Crippen LogP contribution in [0.25, 0.3) is 11.1 Å². The van der Waals surface area contributed by atoms with Gasteiger partial charge in [0.15, 0.2) is 0 Å². The maximum Gasteiger partial charge on any atom is 0.255 e. The lowest BCUT2D eigenvalue weighted by atomic mass is 10.0. The number of carbonyl (C=O) groups is 1. The molecule has 2 heterocycles. The number of hydrogen-bond donors (Lipinski definition) is 2. The van der Waals surface area contributed by atoms with Crippen LogP contribution in [0.15, 0.2) is 60.8 Å². The lowest BCUT2D eigenvalue weighted by Gasteiger charge is -2.32. The predicted molar refractivity (Wildman–Crippen MR) is 152 cm³/mol. The van der Waals surface area contributed by atoms with E-state index in [1.54, 1.807) is 12.3 Å². The summed E-state index contributed by atoms with van der Waals surface area (Å²) in [6, 6.07) is 19.3. The predicted octanol–water partition coefficient (Wildman–Crippen LogP) is 4.25. The normalized spacial score (nSPS) is 20.5. The van der Waals surface area contributed by atoms with Crippen LogP contribution < -0.4 is 11.1 Å². The van der Waals surface area contributed by atoms with Gasteiger partial charge in [-0.2, -0.15) is 0 Å². The molecule has 0 unspecified atom stereocenters. The first kappa shape index (κ1) is 26.4. The molecule has 1 aliphatic carbocycles. The van der Waals surface area contributed by atoms with Crippen LogP contribution in [0.1, 0.15) is 46.3 Å². The molecule has 3 aromatic rings. The average Bonchev–Trinajstić information content (AvgIpc) is 3.37. The molecule has 0 bridgehead atoms. The molecule has 2 atom stereocenters. The Morgan fingerprint density at radius 3 is 2.34 bits per heavy atom. The van der Waals surface area contributed by atoms with Crippen molar-refractivity contribution < 1.29 is 9.53 Å². The van der Waals surface area contributed by atoms with Crippen molar-refractivity contribution >= 4 is 11.7 Å². The van der Waals surface area contributed by atoms with Crippen LogP contribution in [0.2, 0.25) is 0 Å². The second-order valence-electron chi connectivity index (χ2n) is 10.8. The highest BCUT2D eigenvalue weighted by Gasteiger charge is 2.30. The summed E-state index contributed by atoms with van der Waals surface area (Å²) < 4.78 is 6.26. The lowest BCUT2D eigenvalue weighted by molar-refractivity contribution is 0.0272. The summed E-state index contributed by atoms with van der Waals surface area (Å²) in [4.78, 5) is 21.8. The maximum atomic E-state index is 12.8. The first-order chi connectivity index (χ1) is 18.4. The van der Waals surface area contributed by atoms with Gasteiger partial charge in [0.1, 0.15) is 5.82 Å². The molecule has 1 aliphatic heterocycles. The minimum Gasteiger partial charge on any atom is -0.383 e. The second kappa shape index (κ2) is 12.1. The van der Waals surface area contributed by atoms with Crippen LogP contribution in [0.4, 0.5) is 5.82 Å². The number of amides is 1. The Labute approximate surface area is 226 Å². The number of piperazine rings is 1. The van der Waals surface area contributed by atoms with Gasteiger partial charge in [0.25, 0.3) is 5.91 Å². The fourth-order valence-corrected chi connectivity index (χ4v) is 5.36. The van der Waals surface area contributed by atoms with Crippen LogP contribution in [0.3, 0.4) is 0 Å². The number of aromatic nitrogens is 1. The number of nitrogens with two attached hydrogens (primary N) is 1. The van der Waals surface area contributed by atoms with Gasteiger partial charge < -0.3 is 20.7 Å². The molecule has 0 radical (unpaired) electrons. The summed E-state index contributed by atoms with van der Waals surface area (Å²) in [6.07, 6.45) is 4.53. The minimum atomic E-state index is -0.182. The van der Waals surface area contributed by atoms with Gasteiger partial charge in [0, 0.05) is 38.9 Å². The van der Waals surface area contributed by atoms with Gasteiger partial charge in [0.05, 0.1) is 24.3 Å². The van der Waals surface area contributed by atoms with Crippen molar-refractivity contribution in [3.63, 3.8) is 0 Å². The number of benzene rings is 2. The van der Waals surface area contributed by atoms with Gasteiger partial charge in [-0.15, -0.1) is 0 Å². The first-order valence-electron chi connectivity index (χ1n) is 13.7. The third kappa shape index (κ3) is 6.59. The molecule has 7 nitrogen and oxygen atoms in total. The van der Waals surface area contributed by atoms with E-state index >= 15 is 0 Å². The van der Waals surface area contributed by atoms with Gasteiger partial charge in [-0.3, -0.25) is 9.69 Å². The number of pyridine rings is 1. The van der Waals surface area contributed by atoms with E-state index in [2.05, 4.69) is 75.7 Å². The van der Waals surface area contributed by atoms with Gasteiger partial charge >= 0.3 is 0 Å². The number of hydrogen-bond acceptors (Lipinski definition) is 6. The summed E-state index contributed by atoms with van der Waals surface area (Å²) in [5, 5.41) is 3.12. The number of rotatable bonds is 8. The molecular weight excluding hydrogens is 474 g/mol. The Bertz CT molecular complexity index is 1220. The third-order valence-corrected chi connectivity index (χ3v) is 7.78. The van der Waals surface area contributed by atoms with Crippen molar-refractivity contribution in [1.82, 2.24) is 20.1 Å². The van der Waals surface area contributed by atoms with Crippen LogP contribution in [0, 0.1) is 6.92 Å². The summed E-state index contributed by atoms with van der Waals surface area (Å²) in [7, 11) is 2.19. The van der Waals surface area contributed by atoms with E-state index in [9.17, 15) is 4.79 Å². The average molecular weight is 514 g/mol. The van der Waals surface area contributed by atoms with Gasteiger partial charge in [-0.05, 0) is 67.1 Å². The number of ether oxygens (including phenoxy) is 1. The van der Waals surface area contributed by atoms with Crippen molar-refractivity contribution in [2.45, 2.75) is 51.5 Å². The van der Waals surface area contributed by atoms with Crippen molar-refractivity contribution in [2.24, 2.45) is 0 Å². The highest BCUT2D eigenvalue weighted by Crippen LogP contribution is 2.26. The molecular formula is C31H39N5O2. The molecule has 200 valence electrons. The Morgan fingerprint density at radius 2 is 1.66 bits per heavy atom. The third-order valence-electron chi connectivity index (χ3n) is 7.78. The number of likely N-dealkylation sites (N-methyl/N-ethyl adjacent to an activating group) is 1. The Kier molecular flexibility index (Phi) is 8.37. The fraction of sp³-hybridized carbons (Fsp3) is 0.419. The molecule has 7 heteroatoms. The van der Waals surface area contributed by atoms with E-state index in [-0.39, 0.29) is 23.9 Å². The summed E-state index contributed by atoms with van der Waals surface area (Å²) >= 11 is 0. The molecule has 2 fully saturated rings. The monoisotopic (exact) mass is 513 g/mol. The summed E-state index contributed by atoms with van der Waals surface area (Å²) in [5.74, 6) is 0.0754. The van der Waals surface area contributed by atoms with Crippen molar-refractivity contribution in [3.8, 4) is 11.1 Å². The first-order valence-corrected chi connectivity index (χ1v) is 13.7. The molecule has 1 amide bonds. The van der Waals surface area contributed by atoms with E-state index in [1.165, 1.54) is 16.7 Å². The zero-order valence-electron chi connectivity index (χ0n) is 22.5. The molecule has 1 saturated heterocycles. The highest BCUT2D eigenvalue weighted by molar-refractivity contribution is 5.98. The van der Waals surface area contributed by atoms with Crippen LogP contribution in [-0.2, 0) is 17.9 Å². The Balaban J connectivity index is 1.13. The van der Waals surface area contributed by atoms with Gasteiger partial charge in [-0.25, -0.2) is 4.98 Å². The molecule has 2 aromatic carbocycles. The van der Waals surface area contributed by atoms with Crippen molar-refractivity contribution in [2.75, 3.05) is 39.0 Å². The quantitative estimate of drug-likeness (QED) is 0.469. The lowest BCUT2D eigenvalue weighted by Crippen LogP contribution is -2.43. The zero-order chi connectivity index (χ0) is 26.5. The van der Waals surface area contributed by atoms with Crippen molar-refractivity contribution in [1.29, 1.82) is 0 Å². The van der Waals surface area contributed by atoms with E-state index < -0.39 is 0 Å². The Morgan fingerprint density at radius 1 is 1.00 bits per heavy atom. The van der Waals surface area contributed by atoms with E-state index in [4.69, 9.17) is 10.5 Å². The number of aryl methyl sites for hydroxylation is 1. The number of anilines is 1. The molecule has 1 saturated carbocycles. The molecule has 5 rings (SSSR count). The maximum absolute atomic E-state index is 12.8. The molecule has 38 heavy (non-hydrogen) atoms. The molecule has 0 spiro atoms. The summed E-state index contributed by atoms with van der Waals surface area (Å²) in [6.45, 7) is 8.00. The van der Waals surface area contributed by atoms with Crippen LogP contribution in [0.5, 0.6) is 0 Å². The SMILES string of the molecule is Cc1cnc(N)c(C(=O)N[C@H]2CCC[C@@H]2OCc2ccc(-c3ccc(CN4CCN(C)CC4)cc3)cc2)c1. The number of nitrogens with one attached hydrogen (secondary N) is 1. The standard InChI is InChI=1S/C31H39N5O2/c1-22-18-27(30(32)33-19-22)31(37)34-28-4-3-5-29(28)38-21-24-8-12-26(13-9-24)25-10-6-23(7-11-25)20-36-16-14-35(2)15-17-36/h6-13,18-19,28-29H,3-5,14-17,20-21H2,1-2H3,(H2,32,33)(H,34,37)/t28-,29-/m0/s1. The fourth-order valence-electron chi connectivity index (χ4n) is 5.36. The van der Waals surface area contributed by atoms with E-state index in [0.717, 1.165) is 63.1 Å². The smallest absolute Gasteiger partial charge is 0.255 e. The second-order valence-corrected chi connectivity index (χ2v) is 10.8. The summed E-state index contributed by atoms with van der Waals surface area (Å²) in [5.41, 5.74) is 12.2. The minimum absolute atomic E-state index is 0.00883. The van der Waals surface area contributed by atoms with Gasteiger partial charge in [0.2, 0.25) is 0 Å².